The van der Waals surface area contributed by atoms with Gasteiger partial charge in [-0.3, -0.25) is 0 Å². The summed E-state index contributed by atoms with van der Waals surface area (Å²) in [5.74, 6) is 0. The van der Waals surface area contributed by atoms with Gasteiger partial charge in [0, 0.05) is 13.2 Å². The molecule has 0 amide bonds. The normalized spacial score (nSPS) is 7.64. The molecule has 0 spiro atoms. The van der Waals surface area contributed by atoms with Crippen LogP contribution in [0.2, 0.25) is 0 Å². The number of rotatable bonds is 2. The van der Waals surface area contributed by atoms with Gasteiger partial charge in [-0.05, 0) is 13.8 Å². The first kappa shape index (κ1) is 12.9. The van der Waals surface area contributed by atoms with Crippen molar-refractivity contribution in [3.8, 4) is 0 Å². The van der Waals surface area contributed by atoms with Crippen LogP contribution < -0.4 is 0 Å². The summed E-state index contributed by atoms with van der Waals surface area (Å²) in [6, 6.07) is 0. The monoisotopic (exact) mass is 164 g/mol. The third-order valence-electron chi connectivity index (χ3n) is 0.742. The van der Waals surface area contributed by atoms with E-state index in [1.165, 1.54) is 14.2 Å². The molecule has 0 aromatic rings. The van der Waals surface area contributed by atoms with Gasteiger partial charge in [0.1, 0.15) is 0 Å². The van der Waals surface area contributed by atoms with Crippen molar-refractivity contribution in [1.82, 2.24) is 0 Å². The van der Waals surface area contributed by atoms with E-state index in [1.807, 2.05) is 13.8 Å². The van der Waals surface area contributed by atoms with Gasteiger partial charge in [0.25, 0.3) is 0 Å². The molecule has 0 radical (unpaired) electrons. The van der Waals surface area contributed by atoms with Crippen molar-refractivity contribution in [3.63, 3.8) is 0 Å². The number of carbonyl (C=O) groups is 1. The lowest BCUT2D eigenvalue weighted by molar-refractivity contribution is 0.0924. The van der Waals surface area contributed by atoms with Gasteiger partial charge in [0.2, 0.25) is 0 Å². The number of carbonyl (C=O) groups excluding carboxylic acids is 1. The quantitative estimate of drug-likeness (QED) is 0.579. The first-order chi connectivity index (χ1) is 5.22. The summed E-state index contributed by atoms with van der Waals surface area (Å²) >= 11 is 0. The Bertz CT molecular complexity index is 74.5. The van der Waals surface area contributed by atoms with E-state index in [4.69, 9.17) is 4.74 Å². The predicted octanol–water partition coefficient (Wildman–Crippen LogP) is 1.44. The van der Waals surface area contributed by atoms with Crippen LogP contribution in [0.5, 0.6) is 0 Å². The summed E-state index contributed by atoms with van der Waals surface area (Å²) in [4.78, 5) is 9.74. The Morgan fingerprint density at radius 2 is 1.45 bits per heavy atom. The molecule has 0 heterocycles. The van der Waals surface area contributed by atoms with Crippen molar-refractivity contribution < 1.29 is 19.0 Å². The summed E-state index contributed by atoms with van der Waals surface area (Å²) in [6.07, 6.45) is -0.657. The molecule has 0 N–H and O–H groups in total. The van der Waals surface area contributed by atoms with Crippen LogP contribution in [-0.4, -0.2) is 33.6 Å². The first-order valence-electron chi connectivity index (χ1n) is 3.42. The second kappa shape index (κ2) is 12.0. The minimum Gasteiger partial charge on any atom is -0.438 e. The van der Waals surface area contributed by atoms with Crippen LogP contribution in [-0.2, 0) is 14.2 Å². The standard InChI is InChI=1S/C4H10O.C3H6O3/c1-3-5-4-2;1-5-3(4)6-2/h3-4H2,1-2H3;1-2H3. The largest absolute Gasteiger partial charge is 0.507 e. The van der Waals surface area contributed by atoms with Crippen molar-refractivity contribution in [2.24, 2.45) is 0 Å². The molecule has 0 aliphatic carbocycles. The highest BCUT2D eigenvalue weighted by Crippen LogP contribution is 1.72. The minimum atomic E-state index is -0.657. The van der Waals surface area contributed by atoms with Crippen molar-refractivity contribution in [2.75, 3.05) is 27.4 Å². The van der Waals surface area contributed by atoms with Gasteiger partial charge < -0.3 is 14.2 Å². The van der Waals surface area contributed by atoms with Gasteiger partial charge in [-0.1, -0.05) is 0 Å². The smallest absolute Gasteiger partial charge is 0.438 e. The highest BCUT2D eigenvalue weighted by Gasteiger charge is 1.88. The highest BCUT2D eigenvalue weighted by molar-refractivity contribution is 5.59. The maximum Gasteiger partial charge on any atom is 0.507 e. The van der Waals surface area contributed by atoms with Crippen LogP contribution in [0.25, 0.3) is 0 Å². The number of hydrogen-bond acceptors (Lipinski definition) is 4. The average molecular weight is 164 g/mol. The minimum absolute atomic E-state index is 0.657. The maximum absolute atomic E-state index is 9.74. The topological polar surface area (TPSA) is 44.8 Å². The second-order valence-electron chi connectivity index (χ2n) is 1.44. The van der Waals surface area contributed by atoms with Crippen molar-refractivity contribution >= 4 is 6.16 Å². The highest BCUT2D eigenvalue weighted by atomic mass is 16.7. The summed E-state index contributed by atoms with van der Waals surface area (Å²) in [5, 5.41) is 0. The zero-order chi connectivity index (χ0) is 9.11. The molecule has 4 nitrogen and oxygen atoms in total. The van der Waals surface area contributed by atoms with Crippen molar-refractivity contribution in [3.05, 3.63) is 0 Å². The SMILES string of the molecule is CCOCC.COC(=O)OC. The molecule has 0 rings (SSSR count). The molecule has 0 saturated heterocycles. The zero-order valence-corrected chi connectivity index (χ0v) is 7.55. The van der Waals surface area contributed by atoms with Crippen LogP contribution >= 0.6 is 0 Å². The average Bonchev–Trinajstić information content (AvgIpc) is 2.06. The third-order valence-corrected chi connectivity index (χ3v) is 0.742. The van der Waals surface area contributed by atoms with Gasteiger partial charge >= 0.3 is 6.16 Å². The van der Waals surface area contributed by atoms with Crippen LogP contribution in [0.4, 0.5) is 4.79 Å². The lowest BCUT2D eigenvalue weighted by Crippen LogP contribution is -1.97. The second-order valence-corrected chi connectivity index (χ2v) is 1.44. The Hall–Kier alpha value is -0.770. The van der Waals surface area contributed by atoms with E-state index < -0.39 is 6.16 Å². The summed E-state index contributed by atoms with van der Waals surface area (Å²) in [6.45, 7) is 5.67. The molecule has 0 bridgehead atoms. The molecule has 0 aromatic heterocycles. The molecule has 0 atom stereocenters. The lowest BCUT2D eigenvalue weighted by Gasteiger charge is -1.89. The lowest BCUT2D eigenvalue weighted by atomic mass is 10.8. The van der Waals surface area contributed by atoms with Crippen LogP contribution in [0.1, 0.15) is 13.8 Å². The third kappa shape index (κ3) is 17.6. The van der Waals surface area contributed by atoms with E-state index in [-0.39, 0.29) is 0 Å². The van der Waals surface area contributed by atoms with Crippen LogP contribution in [0.3, 0.4) is 0 Å². The van der Waals surface area contributed by atoms with E-state index in [9.17, 15) is 4.79 Å². The Morgan fingerprint density at radius 1 is 1.09 bits per heavy atom. The Balaban J connectivity index is 0. The fourth-order valence-electron chi connectivity index (χ4n) is 0.287. The molecule has 11 heavy (non-hydrogen) atoms. The van der Waals surface area contributed by atoms with Crippen molar-refractivity contribution in [1.29, 1.82) is 0 Å². The first-order valence-corrected chi connectivity index (χ1v) is 3.42. The fraction of sp³-hybridized carbons (Fsp3) is 0.857. The van der Waals surface area contributed by atoms with Gasteiger partial charge in [0.05, 0.1) is 14.2 Å². The van der Waals surface area contributed by atoms with E-state index in [0.717, 1.165) is 13.2 Å². The fourth-order valence-corrected chi connectivity index (χ4v) is 0.287. The molecule has 0 aliphatic heterocycles. The predicted molar refractivity (Wildman–Crippen MR) is 41.6 cm³/mol. The number of hydrogen-bond donors (Lipinski definition) is 0. The van der Waals surface area contributed by atoms with Gasteiger partial charge in [-0.15, -0.1) is 0 Å². The van der Waals surface area contributed by atoms with Gasteiger partial charge in [0.15, 0.2) is 0 Å². The Kier molecular flexibility index (Phi) is 14.0. The molecular weight excluding hydrogens is 148 g/mol. The van der Waals surface area contributed by atoms with E-state index in [0.29, 0.717) is 0 Å². The Labute approximate surface area is 67.4 Å². The summed E-state index contributed by atoms with van der Waals surface area (Å²) < 4.78 is 12.9. The molecule has 4 heteroatoms. The zero-order valence-electron chi connectivity index (χ0n) is 7.55. The Morgan fingerprint density at radius 3 is 1.45 bits per heavy atom. The van der Waals surface area contributed by atoms with Gasteiger partial charge in [-0.2, -0.15) is 0 Å². The molecular formula is C7H16O4. The van der Waals surface area contributed by atoms with Crippen molar-refractivity contribution in [2.45, 2.75) is 13.8 Å². The van der Waals surface area contributed by atoms with E-state index in [2.05, 4.69) is 9.47 Å². The summed E-state index contributed by atoms with van der Waals surface area (Å²) in [5.41, 5.74) is 0. The number of ether oxygens (including phenoxy) is 3. The van der Waals surface area contributed by atoms with Crippen LogP contribution in [0.15, 0.2) is 0 Å². The van der Waals surface area contributed by atoms with Gasteiger partial charge in [-0.25, -0.2) is 4.79 Å². The maximum atomic E-state index is 9.74. The molecule has 0 fully saturated rings. The van der Waals surface area contributed by atoms with Crippen LogP contribution in [0, 0.1) is 0 Å². The molecule has 0 unspecified atom stereocenters. The van der Waals surface area contributed by atoms with E-state index in [1.54, 1.807) is 0 Å². The molecule has 0 aromatic carbocycles. The molecule has 68 valence electrons. The van der Waals surface area contributed by atoms with E-state index >= 15 is 0 Å². The molecule has 0 saturated carbocycles. The molecule has 0 aliphatic rings. The number of methoxy groups -OCH3 is 2. The summed E-state index contributed by atoms with van der Waals surface area (Å²) in [7, 11) is 2.51.